The molecule has 2 heteroatoms. The van der Waals surface area contributed by atoms with E-state index in [4.69, 9.17) is 0 Å². The lowest BCUT2D eigenvalue weighted by Gasteiger charge is -2.08. The van der Waals surface area contributed by atoms with Crippen LogP contribution in [0.15, 0.2) is 36.7 Å². The molecular weight excluding hydrogens is 292 g/mol. The van der Waals surface area contributed by atoms with Crippen LogP contribution >= 0.6 is 0 Å². The van der Waals surface area contributed by atoms with Crippen molar-refractivity contribution in [2.45, 2.75) is 53.4 Å². The first-order valence-electron chi connectivity index (χ1n) is 9.22. The molecule has 2 heterocycles. The van der Waals surface area contributed by atoms with Gasteiger partial charge in [-0.05, 0) is 59.1 Å². The molecule has 0 aliphatic heterocycles. The molecule has 0 spiro atoms. The van der Waals surface area contributed by atoms with Crippen molar-refractivity contribution in [3.63, 3.8) is 0 Å². The Hall–Kier alpha value is -2.22. The Morgan fingerprint density at radius 1 is 0.583 bits per heavy atom. The zero-order chi connectivity index (χ0) is 17.1. The van der Waals surface area contributed by atoms with Crippen molar-refractivity contribution >= 4 is 0 Å². The van der Waals surface area contributed by atoms with Crippen LogP contribution < -0.4 is 0 Å². The van der Waals surface area contributed by atoms with Gasteiger partial charge in [0.15, 0.2) is 0 Å². The second kappa shape index (κ2) is 7.12. The van der Waals surface area contributed by atoms with E-state index in [9.17, 15) is 0 Å². The van der Waals surface area contributed by atoms with Crippen LogP contribution in [0.1, 0.15) is 49.9 Å². The fraction of sp³-hybridized carbons (Fsp3) is 0.364. The zero-order valence-electron chi connectivity index (χ0n) is 15.3. The molecule has 0 fully saturated rings. The van der Waals surface area contributed by atoms with E-state index in [1.54, 1.807) is 0 Å². The molecule has 24 heavy (non-hydrogen) atoms. The van der Waals surface area contributed by atoms with Gasteiger partial charge >= 0.3 is 0 Å². The van der Waals surface area contributed by atoms with Crippen molar-refractivity contribution in [2.75, 3.05) is 0 Å². The summed E-state index contributed by atoms with van der Waals surface area (Å²) < 4.78 is 0. The molecule has 2 aromatic heterocycles. The summed E-state index contributed by atoms with van der Waals surface area (Å²) in [5.74, 6) is 0. The third-order valence-corrected chi connectivity index (χ3v) is 5.09. The van der Waals surface area contributed by atoms with Gasteiger partial charge in [-0.25, -0.2) is 0 Å². The molecule has 1 aromatic carbocycles. The Bertz CT molecular complexity index is 734. The standard InChI is InChI=1S/C22H28N2/c1-5-15-13-23-21(19(15)7-3)17-9-11-18(12-10-17)22-20(8-4)16(6-2)14-24-22/h9-14,23-24H,5-8H2,1-4H3. The molecular formula is C22H28N2. The molecule has 0 saturated carbocycles. The minimum atomic E-state index is 1.07. The number of aromatic nitrogens is 2. The van der Waals surface area contributed by atoms with Crippen LogP contribution in [-0.4, -0.2) is 9.97 Å². The normalized spacial score (nSPS) is 11.2. The quantitative estimate of drug-likeness (QED) is 0.564. The first-order valence-corrected chi connectivity index (χ1v) is 9.22. The van der Waals surface area contributed by atoms with E-state index in [-0.39, 0.29) is 0 Å². The van der Waals surface area contributed by atoms with E-state index in [0.29, 0.717) is 0 Å². The smallest absolute Gasteiger partial charge is 0.0489 e. The van der Waals surface area contributed by atoms with Crippen molar-refractivity contribution < 1.29 is 0 Å². The highest BCUT2D eigenvalue weighted by Gasteiger charge is 2.12. The summed E-state index contributed by atoms with van der Waals surface area (Å²) in [5.41, 5.74) is 10.9. The van der Waals surface area contributed by atoms with Crippen molar-refractivity contribution in [3.05, 3.63) is 58.9 Å². The second-order valence-corrected chi connectivity index (χ2v) is 6.33. The highest BCUT2D eigenvalue weighted by Crippen LogP contribution is 2.31. The summed E-state index contributed by atoms with van der Waals surface area (Å²) in [4.78, 5) is 6.96. The summed E-state index contributed by atoms with van der Waals surface area (Å²) in [6, 6.07) is 8.97. The van der Waals surface area contributed by atoms with Crippen LogP contribution in [0.3, 0.4) is 0 Å². The van der Waals surface area contributed by atoms with Crippen molar-refractivity contribution in [3.8, 4) is 22.5 Å². The molecule has 126 valence electrons. The fourth-order valence-corrected chi connectivity index (χ4v) is 3.75. The van der Waals surface area contributed by atoms with E-state index in [2.05, 4.69) is 74.3 Å². The van der Waals surface area contributed by atoms with Gasteiger partial charge in [-0.15, -0.1) is 0 Å². The number of nitrogens with one attached hydrogen (secondary N) is 2. The molecule has 0 bridgehead atoms. The SMILES string of the molecule is CCc1c[nH]c(-c2ccc(-c3[nH]cc(CC)c3CC)cc2)c1CC. The van der Waals surface area contributed by atoms with Gasteiger partial charge in [0.1, 0.15) is 0 Å². The average molecular weight is 320 g/mol. The summed E-state index contributed by atoms with van der Waals surface area (Å²) in [6.07, 6.45) is 8.63. The van der Waals surface area contributed by atoms with Crippen molar-refractivity contribution in [2.24, 2.45) is 0 Å². The molecule has 3 rings (SSSR count). The number of aromatic amines is 2. The third kappa shape index (κ3) is 2.82. The second-order valence-electron chi connectivity index (χ2n) is 6.33. The van der Waals surface area contributed by atoms with Crippen LogP contribution in [0.25, 0.3) is 22.5 Å². The Morgan fingerprint density at radius 2 is 0.958 bits per heavy atom. The fourth-order valence-electron chi connectivity index (χ4n) is 3.75. The molecule has 0 saturated heterocycles. The number of hydrogen-bond donors (Lipinski definition) is 2. The maximum absolute atomic E-state index is 3.48. The maximum Gasteiger partial charge on any atom is 0.0489 e. The van der Waals surface area contributed by atoms with Crippen LogP contribution in [0, 0.1) is 0 Å². The van der Waals surface area contributed by atoms with E-state index in [0.717, 1.165) is 25.7 Å². The Balaban J connectivity index is 1.97. The van der Waals surface area contributed by atoms with Gasteiger partial charge in [0.25, 0.3) is 0 Å². The Morgan fingerprint density at radius 3 is 1.25 bits per heavy atom. The largest absolute Gasteiger partial charge is 0.361 e. The van der Waals surface area contributed by atoms with Crippen LogP contribution in [0.2, 0.25) is 0 Å². The predicted molar refractivity (Wildman–Crippen MR) is 104 cm³/mol. The van der Waals surface area contributed by atoms with E-state index < -0.39 is 0 Å². The monoisotopic (exact) mass is 320 g/mol. The van der Waals surface area contributed by atoms with Crippen LogP contribution in [0.5, 0.6) is 0 Å². The van der Waals surface area contributed by atoms with Crippen LogP contribution in [-0.2, 0) is 25.7 Å². The van der Waals surface area contributed by atoms with Crippen molar-refractivity contribution in [1.82, 2.24) is 9.97 Å². The lowest BCUT2D eigenvalue weighted by Crippen LogP contribution is -1.90. The summed E-state index contributed by atoms with van der Waals surface area (Å²) >= 11 is 0. The van der Waals surface area contributed by atoms with Gasteiger partial charge in [-0.3, -0.25) is 0 Å². The molecule has 2 nitrogen and oxygen atoms in total. The zero-order valence-corrected chi connectivity index (χ0v) is 15.3. The topological polar surface area (TPSA) is 31.6 Å². The lowest BCUT2D eigenvalue weighted by atomic mass is 9.98. The molecule has 2 N–H and O–H groups in total. The summed E-state index contributed by atoms with van der Waals surface area (Å²) in [5, 5.41) is 0. The average Bonchev–Trinajstić information content (AvgIpc) is 3.24. The Kier molecular flexibility index (Phi) is 4.94. The van der Waals surface area contributed by atoms with E-state index in [1.807, 2.05) is 0 Å². The maximum atomic E-state index is 3.48. The number of aryl methyl sites for hydroxylation is 2. The van der Waals surface area contributed by atoms with E-state index >= 15 is 0 Å². The Labute approximate surface area is 145 Å². The number of H-pyrrole nitrogens is 2. The number of hydrogen-bond acceptors (Lipinski definition) is 0. The summed E-state index contributed by atoms with van der Waals surface area (Å²) in [6.45, 7) is 8.91. The van der Waals surface area contributed by atoms with Gasteiger partial charge in [0.2, 0.25) is 0 Å². The first kappa shape index (κ1) is 16.6. The molecule has 3 aromatic rings. The molecule has 0 aliphatic carbocycles. The van der Waals surface area contributed by atoms with Gasteiger partial charge < -0.3 is 9.97 Å². The molecule has 0 aliphatic rings. The predicted octanol–water partition coefficient (Wildman–Crippen LogP) is 5.93. The van der Waals surface area contributed by atoms with Crippen molar-refractivity contribution in [1.29, 1.82) is 0 Å². The molecule has 0 atom stereocenters. The van der Waals surface area contributed by atoms with Gasteiger partial charge in [0.05, 0.1) is 0 Å². The number of benzene rings is 1. The molecule has 0 unspecified atom stereocenters. The molecule has 0 radical (unpaired) electrons. The summed E-state index contributed by atoms with van der Waals surface area (Å²) in [7, 11) is 0. The molecule has 0 amide bonds. The highest BCUT2D eigenvalue weighted by molar-refractivity contribution is 5.72. The minimum Gasteiger partial charge on any atom is -0.361 e. The number of rotatable bonds is 6. The van der Waals surface area contributed by atoms with Gasteiger partial charge in [-0.1, -0.05) is 52.0 Å². The van der Waals surface area contributed by atoms with Gasteiger partial charge in [-0.2, -0.15) is 0 Å². The third-order valence-electron chi connectivity index (χ3n) is 5.09. The van der Waals surface area contributed by atoms with Gasteiger partial charge in [0, 0.05) is 23.8 Å². The first-order chi connectivity index (χ1) is 11.7. The minimum absolute atomic E-state index is 1.07. The lowest BCUT2D eigenvalue weighted by molar-refractivity contribution is 1.06. The van der Waals surface area contributed by atoms with E-state index in [1.165, 1.54) is 44.8 Å². The van der Waals surface area contributed by atoms with Crippen LogP contribution in [0.4, 0.5) is 0 Å². The highest BCUT2D eigenvalue weighted by atomic mass is 14.7.